The molecule has 0 aliphatic carbocycles. The fraction of sp³-hybridized carbons (Fsp3) is 0. The summed E-state index contributed by atoms with van der Waals surface area (Å²) in [5.41, 5.74) is 20.4. The smallest absolute Gasteiger partial charge is 0.146 e. The van der Waals surface area contributed by atoms with Gasteiger partial charge in [0.1, 0.15) is 34.9 Å². The van der Waals surface area contributed by atoms with Crippen LogP contribution in [0.1, 0.15) is 0 Å². The van der Waals surface area contributed by atoms with E-state index in [1.807, 2.05) is 0 Å². The Morgan fingerprint density at radius 2 is 0.971 bits per heavy atom. The predicted octanol–water partition coefficient (Wildman–Crippen LogP) is 5.87. The number of halogens is 6. The summed E-state index contributed by atoms with van der Waals surface area (Å²) in [5.74, 6) is -4.75. The lowest BCUT2D eigenvalue weighted by Crippen LogP contribution is -1.97. The molecule has 0 unspecified atom stereocenters. The molecule has 0 heterocycles. The van der Waals surface area contributed by atoms with Gasteiger partial charge in [-0.05, 0) is 54.1 Å². The lowest BCUT2D eigenvalue weighted by Gasteiger charge is -2.08. The maximum atomic E-state index is 13.6. The van der Waals surface area contributed by atoms with Crippen LogP contribution in [0.4, 0.5) is 49.1 Å². The number of nitrogen functional groups attached to an aromatic ring is 4. The van der Waals surface area contributed by atoms with Gasteiger partial charge in [-0.2, -0.15) is 0 Å². The number of benzene rings is 4. The average molecular weight is 476 g/mol. The van der Waals surface area contributed by atoms with Crippen LogP contribution in [0.2, 0.25) is 0 Å². The van der Waals surface area contributed by atoms with Crippen molar-refractivity contribution in [2.45, 2.75) is 0 Å². The zero-order valence-corrected chi connectivity index (χ0v) is 17.4. The summed E-state index contributed by atoms with van der Waals surface area (Å²) in [6, 6.07) is 11.0. The highest BCUT2D eigenvalue weighted by atomic mass is 19.2. The maximum absolute atomic E-state index is 13.6. The monoisotopic (exact) mass is 476 g/mol. The minimum atomic E-state index is -0.911. The normalized spacial score (nSPS) is 10.5. The predicted molar refractivity (Wildman–Crippen MR) is 121 cm³/mol. The van der Waals surface area contributed by atoms with Crippen molar-refractivity contribution in [1.82, 2.24) is 0 Å². The first kappa shape index (κ1) is 24.3. The van der Waals surface area contributed by atoms with E-state index >= 15 is 0 Å². The summed E-state index contributed by atoms with van der Waals surface area (Å²) in [4.78, 5) is 0. The summed E-state index contributed by atoms with van der Waals surface area (Å²) in [6.07, 6.45) is 0. The van der Waals surface area contributed by atoms with Crippen LogP contribution >= 0.6 is 0 Å². The Morgan fingerprint density at radius 1 is 0.412 bits per heavy atom. The van der Waals surface area contributed by atoms with Crippen LogP contribution in [0.25, 0.3) is 22.3 Å². The van der Waals surface area contributed by atoms with Crippen LogP contribution in [0.15, 0.2) is 60.7 Å². The SMILES string of the molecule is Nc1ccc(-c2c(F)cc(N)cc2F)c(F)c1.Nc1ccc(-c2cc(F)c(N)cc2F)cc1F. The molecule has 0 aliphatic rings. The highest BCUT2D eigenvalue weighted by Crippen LogP contribution is 2.31. The molecule has 0 fully saturated rings. The number of anilines is 4. The summed E-state index contributed by atoms with van der Waals surface area (Å²) in [7, 11) is 0. The van der Waals surface area contributed by atoms with Gasteiger partial charge in [0.25, 0.3) is 0 Å². The molecule has 0 saturated carbocycles. The minimum absolute atomic E-state index is 0.0509. The van der Waals surface area contributed by atoms with Crippen molar-refractivity contribution in [3.8, 4) is 22.3 Å². The second-order valence-electron chi connectivity index (χ2n) is 7.19. The van der Waals surface area contributed by atoms with E-state index in [0.717, 1.165) is 36.4 Å². The van der Waals surface area contributed by atoms with Gasteiger partial charge in [0.05, 0.1) is 16.9 Å². The Morgan fingerprint density at radius 3 is 1.56 bits per heavy atom. The first-order chi connectivity index (χ1) is 16.0. The summed E-state index contributed by atoms with van der Waals surface area (Å²) in [5, 5.41) is 0. The van der Waals surface area contributed by atoms with Gasteiger partial charge in [-0.1, -0.05) is 6.07 Å². The second-order valence-corrected chi connectivity index (χ2v) is 7.19. The topological polar surface area (TPSA) is 104 Å². The molecule has 34 heavy (non-hydrogen) atoms. The van der Waals surface area contributed by atoms with Gasteiger partial charge in [0.15, 0.2) is 0 Å². The van der Waals surface area contributed by atoms with Crippen molar-refractivity contribution in [2.75, 3.05) is 22.9 Å². The van der Waals surface area contributed by atoms with Crippen molar-refractivity contribution >= 4 is 22.7 Å². The fourth-order valence-electron chi connectivity index (χ4n) is 3.06. The third kappa shape index (κ3) is 5.17. The van der Waals surface area contributed by atoms with Gasteiger partial charge >= 0.3 is 0 Å². The number of hydrogen-bond acceptors (Lipinski definition) is 4. The molecule has 0 saturated heterocycles. The van der Waals surface area contributed by atoms with E-state index in [0.29, 0.717) is 0 Å². The van der Waals surface area contributed by atoms with Crippen molar-refractivity contribution < 1.29 is 26.3 Å². The Labute approximate surface area is 190 Å². The van der Waals surface area contributed by atoms with E-state index < -0.39 is 40.5 Å². The van der Waals surface area contributed by atoms with E-state index in [4.69, 9.17) is 22.9 Å². The standard InChI is InChI=1S/2C12H9F3N2/c13-8-5-12(17)10(15)4-7(8)6-1-2-11(16)9(14)3-6;13-9-3-6(16)1-2-8(9)12-10(14)4-7(17)5-11(12)15/h2*1-5H,16-17H2. The molecule has 0 radical (unpaired) electrons. The van der Waals surface area contributed by atoms with Gasteiger partial charge in [0, 0.05) is 28.6 Å². The van der Waals surface area contributed by atoms with Gasteiger partial charge in [-0.15, -0.1) is 0 Å². The van der Waals surface area contributed by atoms with Crippen LogP contribution in [0, 0.1) is 34.9 Å². The van der Waals surface area contributed by atoms with Crippen LogP contribution in [0.3, 0.4) is 0 Å². The Kier molecular flexibility index (Phi) is 6.90. The maximum Gasteiger partial charge on any atom is 0.146 e. The van der Waals surface area contributed by atoms with Crippen LogP contribution in [-0.2, 0) is 0 Å². The Hall–Kier alpha value is -4.34. The van der Waals surface area contributed by atoms with E-state index in [1.54, 1.807) is 0 Å². The second kappa shape index (κ2) is 9.65. The molecule has 4 aromatic rings. The average Bonchev–Trinajstić information content (AvgIpc) is 2.74. The highest BCUT2D eigenvalue weighted by Gasteiger charge is 2.16. The molecule has 4 aromatic carbocycles. The van der Waals surface area contributed by atoms with Crippen molar-refractivity contribution in [2.24, 2.45) is 0 Å². The molecular weight excluding hydrogens is 458 g/mol. The minimum Gasteiger partial charge on any atom is -0.399 e. The third-order valence-corrected chi connectivity index (χ3v) is 4.72. The number of nitrogens with two attached hydrogens (primary N) is 4. The summed E-state index contributed by atoms with van der Waals surface area (Å²) >= 11 is 0. The lowest BCUT2D eigenvalue weighted by atomic mass is 10.0. The molecular formula is C24H18F6N4. The lowest BCUT2D eigenvalue weighted by molar-refractivity contribution is 0.583. The molecule has 176 valence electrons. The molecule has 4 rings (SSSR count). The summed E-state index contributed by atoms with van der Waals surface area (Å²) in [6.45, 7) is 0. The van der Waals surface area contributed by atoms with Crippen molar-refractivity contribution in [1.29, 1.82) is 0 Å². The van der Waals surface area contributed by atoms with Gasteiger partial charge < -0.3 is 22.9 Å². The zero-order valence-electron chi connectivity index (χ0n) is 17.4. The molecule has 8 N–H and O–H groups in total. The zero-order chi connectivity index (χ0) is 25.2. The molecule has 0 atom stereocenters. The molecule has 10 heteroatoms. The largest absolute Gasteiger partial charge is 0.399 e. The quantitative estimate of drug-likeness (QED) is 0.215. The van der Waals surface area contributed by atoms with Crippen LogP contribution < -0.4 is 22.9 Å². The molecule has 0 bridgehead atoms. The van der Waals surface area contributed by atoms with Gasteiger partial charge in [0.2, 0.25) is 0 Å². The molecule has 0 amide bonds. The van der Waals surface area contributed by atoms with E-state index in [9.17, 15) is 26.3 Å². The molecule has 0 aromatic heterocycles. The van der Waals surface area contributed by atoms with Crippen LogP contribution in [0.5, 0.6) is 0 Å². The van der Waals surface area contributed by atoms with E-state index in [-0.39, 0.29) is 39.4 Å². The molecule has 0 spiro atoms. The first-order valence-corrected chi connectivity index (χ1v) is 9.57. The van der Waals surface area contributed by atoms with Crippen LogP contribution in [-0.4, -0.2) is 0 Å². The fourth-order valence-corrected chi connectivity index (χ4v) is 3.06. The van der Waals surface area contributed by atoms with Gasteiger partial charge in [-0.25, -0.2) is 26.3 Å². The molecule has 0 aliphatic heterocycles. The van der Waals surface area contributed by atoms with E-state index in [1.165, 1.54) is 24.3 Å². The molecule has 4 nitrogen and oxygen atoms in total. The number of rotatable bonds is 2. The number of hydrogen-bond donors (Lipinski definition) is 4. The Balaban J connectivity index is 0.000000191. The third-order valence-electron chi connectivity index (χ3n) is 4.72. The summed E-state index contributed by atoms with van der Waals surface area (Å²) < 4.78 is 80.6. The van der Waals surface area contributed by atoms with Crippen molar-refractivity contribution in [3.63, 3.8) is 0 Å². The first-order valence-electron chi connectivity index (χ1n) is 9.57. The highest BCUT2D eigenvalue weighted by molar-refractivity contribution is 5.70. The Bertz CT molecular complexity index is 1350. The van der Waals surface area contributed by atoms with Crippen molar-refractivity contribution in [3.05, 3.63) is 95.6 Å². The van der Waals surface area contributed by atoms with E-state index in [2.05, 4.69) is 0 Å². The van der Waals surface area contributed by atoms with Gasteiger partial charge in [-0.3, -0.25) is 0 Å².